The third-order valence-electron chi connectivity index (χ3n) is 5.87. The molecule has 3 aromatic rings. The standard InChI is InChI=1S/C23H22N4O3/c28-20(13-19-22(29)27(23(30)26-19)14-7-2-1-3-8-14)24-18-12-6-10-16-15-9-4-5-11-17(15)25-21(16)18/h1-5,7-9,11,18-19,25H,6,10,12-13H2,(H,24,28)(H,26,30)/t18-,19+/m0/s1. The predicted molar refractivity (Wildman–Crippen MR) is 113 cm³/mol. The molecule has 0 spiro atoms. The van der Waals surface area contributed by atoms with Crippen molar-refractivity contribution >= 4 is 34.4 Å². The Hall–Kier alpha value is -3.61. The van der Waals surface area contributed by atoms with Crippen molar-refractivity contribution in [1.29, 1.82) is 0 Å². The topological polar surface area (TPSA) is 94.3 Å². The zero-order valence-corrected chi connectivity index (χ0v) is 16.4. The number of hydrogen-bond donors (Lipinski definition) is 3. The molecule has 1 fully saturated rings. The number of rotatable bonds is 4. The molecule has 7 nitrogen and oxygen atoms in total. The lowest BCUT2D eigenvalue weighted by atomic mass is 9.91. The molecule has 5 rings (SSSR count). The van der Waals surface area contributed by atoms with E-state index in [1.165, 1.54) is 10.9 Å². The number of para-hydroxylation sites is 2. The van der Waals surface area contributed by atoms with E-state index in [9.17, 15) is 14.4 Å². The first-order chi connectivity index (χ1) is 14.6. The molecule has 1 aromatic heterocycles. The van der Waals surface area contributed by atoms with Crippen LogP contribution in [0.3, 0.4) is 0 Å². The number of urea groups is 1. The van der Waals surface area contributed by atoms with Gasteiger partial charge in [-0.05, 0) is 43.0 Å². The average Bonchev–Trinajstić information content (AvgIpc) is 3.26. The van der Waals surface area contributed by atoms with Crippen LogP contribution < -0.4 is 15.5 Å². The number of aromatic amines is 1. The number of aromatic nitrogens is 1. The first-order valence-electron chi connectivity index (χ1n) is 10.2. The maximum absolute atomic E-state index is 12.7. The van der Waals surface area contributed by atoms with Crippen molar-refractivity contribution in [2.24, 2.45) is 0 Å². The van der Waals surface area contributed by atoms with Crippen molar-refractivity contribution in [3.63, 3.8) is 0 Å². The van der Waals surface area contributed by atoms with Crippen LogP contribution in [0.5, 0.6) is 0 Å². The van der Waals surface area contributed by atoms with Gasteiger partial charge in [0.2, 0.25) is 5.91 Å². The SMILES string of the molecule is O=C(C[C@H]1NC(=O)N(c2ccccc2)C1=O)N[C@H]1CCCc2c1[nH]c1ccccc21. The average molecular weight is 402 g/mol. The largest absolute Gasteiger partial charge is 0.356 e. The lowest BCUT2D eigenvalue weighted by molar-refractivity contribution is -0.126. The number of imide groups is 1. The van der Waals surface area contributed by atoms with Crippen molar-refractivity contribution in [3.05, 3.63) is 65.9 Å². The molecule has 1 aliphatic heterocycles. The highest BCUT2D eigenvalue weighted by molar-refractivity contribution is 6.22. The molecule has 7 heteroatoms. The lowest BCUT2D eigenvalue weighted by Crippen LogP contribution is -2.38. The number of amides is 4. The number of aryl methyl sites for hydroxylation is 1. The van der Waals surface area contributed by atoms with Crippen molar-refractivity contribution in [2.45, 2.75) is 37.8 Å². The molecule has 2 atom stereocenters. The third-order valence-corrected chi connectivity index (χ3v) is 5.87. The number of fused-ring (bicyclic) bond motifs is 3. The molecule has 0 radical (unpaired) electrons. The first kappa shape index (κ1) is 18.4. The van der Waals surface area contributed by atoms with Gasteiger partial charge in [0, 0.05) is 16.6 Å². The smallest absolute Gasteiger partial charge is 0.329 e. The van der Waals surface area contributed by atoms with Crippen molar-refractivity contribution in [3.8, 4) is 0 Å². The Labute approximate surface area is 173 Å². The highest BCUT2D eigenvalue weighted by Gasteiger charge is 2.40. The van der Waals surface area contributed by atoms with E-state index in [1.807, 2.05) is 24.3 Å². The summed E-state index contributed by atoms with van der Waals surface area (Å²) < 4.78 is 0. The molecule has 2 aliphatic rings. The molecule has 1 aliphatic carbocycles. The van der Waals surface area contributed by atoms with Gasteiger partial charge < -0.3 is 15.6 Å². The third kappa shape index (κ3) is 3.12. The fourth-order valence-electron chi connectivity index (χ4n) is 4.49. The summed E-state index contributed by atoms with van der Waals surface area (Å²) in [7, 11) is 0. The molecule has 30 heavy (non-hydrogen) atoms. The van der Waals surface area contributed by atoms with E-state index in [0.717, 1.165) is 35.4 Å². The van der Waals surface area contributed by atoms with Gasteiger partial charge in [-0.25, -0.2) is 9.69 Å². The number of anilines is 1. The predicted octanol–water partition coefficient (Wildman–Crippen LogP) is 3.18. The fraction of sp³-hybridized carbons (Fsp3) is 0.261. The molecule has 0 unspecified atom stereocenters. The van der Waals surface area contributed by atoms with Crippen LogP contribution in [0.25, 0.3) is 10.9 Å². The molecule has 2 aromatic carbocycles. The zero-order valence-electron chi connectivity index (χ0n) is 16.4. The lowest BCUT2D eigenvalue weighted by Gasteiger charge is -2.24. The molecular formula is C23H22N4O3. The number of benzene rings is 2. The quantitative estimate of drug-likeness (QED) is 0.585. The number of hydrogen-bond acceptors (Lipinski definition) is 3. The van der Waals surface area contributed by atoms with Crippen LogP contribution in [-0.2, 0) is 16.0 Å². The second kappa shape index (κ2) is 7.33. The molecule has 3 N–H and O–H groups in total. The molecular weight excluding hydrogens is 380 g/mol. The second-order valence-corrected chi connectivity index (χ2v) is 7.79. The Morgan fingerprint density at radius 1 is 1.07 bits per heavy atom. The van der Waals surface area contributed by atoms with Gasteiger partial charge in [-0.2, -0.15) is 0 Å². The molecule has 0 bridgehead atoms. The minimum Gasteiger partial charge on any atom is -0.356 e. The van der Waals surface area contributed by atoms with Crippen molar-refractivity contribution in [1.82, 2.24) is 15.6 Å². The van der Waals surface area contributed by atoms with Gasteiger partial charge in [0.25, 0.3) is 5.91 Å². The van der Waals surface area contributed by atoms with E-state index in [0.29, 0.717) is 5.69 Å². The van der Waals surface area contributed by atoms with Gasteiger partial charge in [-0.3, -0.25) is 9.59 Å². The number of carbonyl (C=O) groups excluding carboxylic acids is 3. The molecule has 0 saturated carbocycles. The van der Waals surface area contributed by atoms with Crippen LogP contribution in [-0.4, -0.2) is 28.9 Å². The van der Waals surface area contributed by atoms with E-state index in [1.54, 1.807) is 24.3 Å². The summed E-state index contributed by atoms with van der Waals surface area (Å²) >= 11 is 0. The summed E-state index contributed by atoms with van der Waals surface area (Å²) in [4.78, 5) is 42.3. The summed E-state index contributed by atoms with van der Waals surface area (Å²) in [6.07, 6.45) is 2.72. The highest BCUT2D eigenvalue weighted by atomic mass is 16.2. The van der Waals surface area contributed by atoms with Crippen molar-refractivity contribution in [2.75, 3.05) is 4.90 Å². The van der Waals surface area contributed by atoms with Gasteiger partial charge in [-0.15, -0.1) is 0 Å². The Balaban J connectivity index is 1.30. The molecule has 152 valence electrons. The summed E-state index contributed by atoms with van der Waals surface area (Å²) in [5.41, 5.74) is 3.87. The van der Waals surface area contributed by atoms with Crippen LogP contribution in [0.4, 0.5) is 10.5 Å². The van der Waals surface area contributed by atoms with E-state index < -0.39 is 18.0 Å². The maximum atomic E-state index is 12.7. The van der Waals surface area contributed by atoms with E-state index in [2.05, 4.69) is 21.7 Å². The van der Waals surface area contributed by atoms with Crippen molar-refractivity contribution < 1.29 is 14.4 Å². The minimum absolute atomic E-state index is 0.0834. The summed E-state index contributed by atoms with van der Waals surface area (Å²) in [5.74, 6) is -0.656. The fourth-order valence-corrected chi connectivity index (χ4v) is 4.49. The summed E-state index contributed by atoms with van der Waals surface area (Å²) in [6.45, 7) is 0. The van der Waals surface area contributed by atoms with E-state index >= 15 is 0 Å². The summed E-state index contributed by atoms with van der Waals surface area (Å²) in [6, 6.07) is 15.4. The Bertz CT molecular complexity index is 1140. The van der Waals surface area contributed by atoms with Crippen LogP contribution in [0.2, 0.25) is 0 Å². The molecule has 1 saturated heterocycles. The highest BCUT2D eigenvalue weighted by Crippen LogP contribution is 2.34. The monoisotopic (exact) mass is 402 g/mol. The van der Waals surface area contributed by atoms with E-state index in [4.69, 9.17) is 0 Å². The van der Waals surface area contributed by atoms with Gasteiger partial charge in [0.05, 0.1) is 18.2 Å². The Morgan fingerprint density at radius 2 is 1.83 bits per heavy atom. The zero-order chi connectivity index (χ0) is 20.7. The number of nitrogens with zero attached hydrogens (tertiary/aromatic N) is 1. The maximum Gasteiger partial charge on any atom is 0.329 e. The summed E-state index contributed by atoms with van der Waals surface area (Å²) in [5, 5.41) is 6.89. The van der Waals surface area contributed by atoms with Gasteiger partial charge >= 0.3 is 6.03 Å². The number of carbonyl (C=O) groups is 3. The van der Waals surface area contributed by atoms with Crippen LogP contribution in [0.15, 0.2) is 54.6 Å². The minimum atomic E-state index is -0.858. The number of H-pyrrole nitrogens is 1. The molecule has 2 heterocycles. The van der Waals surface area contributed by atoms with Gasteiger partial charge in [-0.1, -0.05) is 36.4 Å². The number of nitrogens with one attached hydrogen (secondary N) is 3. The van der Waals surface area contributed by atoms with Gasteiger partial charge in [0.1, 0.15) is 6.04 Å². The van der Waals surface area contributed by atoms with Gasteiger partial charge in [0.15, 0.2) is 0 Å². The Morgan fingerprint density at radius 3 is 2.67 bits per heavy atom. The Kier molecular flexibility index (Phi) is 4.50. The normalized spacial score (nSPS) is 20.9. The van der Waals surface area contributed by atoms with E-state index in [-0.39, 0.29) is 18.4 Å². The second-order valence-electron chi connectivity index (χ2n) is 7.79. The van der Waals surface area contributed by atoms with Crippen LogP contribution in [0, 0.1) is 0 Å². The van der Waals surface area contributed by atoms with Crippen LogP contribution in [0.1, 0.15) is 36.6 Å². The molecule has 4 amide bonds. The van der Waals surface area contributed by atoms with Crippen LogP contribution >= 0.6 is 0 Å². The first-order valence-corrected chi connectivity index (χ1v) is 10.2.